The van der Waals surface area contributed by atoms with Gasteiger partial charge in [0, 0.05) is 7.05 Å². The lowest BCUT2D eigenvalue weighted by Crippen LogP contribution is -2.27. The summed E-state index contributed by atoms with van der Waals surface area (Å²) >= 11 is 5.55. The number of para-hydroxylation sites is 1. The zero-order valence-corrected chi connectivity index (χ0v) is 11.6. The van der Waals surface area contributed by atoms with E-state index in [4.69, 9.17) is 16.0 Å². The molecule has 1 heterocycles. The van der Waals surface area contributed by atoms with E-state index >= 15 is 0 Å². The summed E-state index contributed by atoms with van der Waals surface area (Å²) in [5.74, 6) is -0.223. The summed E-state index contributed by atoms with van der Waals surface area (Å²) in [6.45, 7) is 0. The van der Waals surface area contributed by atoms with E-state index in [0.29, 0.717) is 5.76 Å². The molecule has 4 nitrogen and oxygen atoms in total. The summed E-state index contributed by atoms with van der Waals surface area (Å²) < 4.78 is 44.0. The molecule has 0 fully saturated rings. The maximum Gasteiger partial charge on any atom is 0.297 e. The Labute approximate surface area is 115 Å². The standard InChI is InChI=1S/C12H11ClFNO3S/c1-15(11-5-3-2-4-10(11)14)19(16,17)12-7-6-9(8-13)18-12/h2-7H,8H2,1H3. The van der Waals surface area contributed by atoms with Gasteiger partial charge in [-0.3, -0.25) is 4.31 Å². The average molecular weight is 304 g/mol. The molecule has 0 radical (unpaired) electrons. The first kappa shape index (κ1) is 13.9. The summed E-state index contributed by atoms with van der Waals surface area (Å²) in [7, 11) is -2.68. The third kappa shape index (κ3) is 2.59. The molecule has 0 amide bonds. The van der Waals surface area contributed by atoms with Gasteiger partial charge >= 0.3 is 0 Å². The number of hydrogen-bond acceptors (Lipinski definition) is 3. The molecule has 19 heavy (non-hydrogen) atoms. The van der Waals surface area contributed by atoms with Crippen molar-refractivity contribution in [1.29, 1.82) is 0 Å². The molecule has 2 aromatic rings. The van der Waals surface area contributed by atoms with Crippen molar-refractivity contribution in [2.45, 2.75) is 11.0 Å². The van der Waals surface area contributed by atoms with Crippen molar-refractivity contribution in [3.8, 4) is 0 Å². The van der Waals surface area contributed by atoms with Crippen molar-refractivity contribution in [2.75, 3.05) is 11.4 Å². The summed E-state index contributed by atoms with van der Waals surface area (Å²) in [4.78, 5) is 0. The monoisotopic (exact) mass is 303 g/mol. The zero-order chi connectivity index (χ0) is 14.0. The van der Waals surface area contributed by atoms with E-state index < -0.39 is 15.8 Å². The Morgan fingerprint density at radius 2 is 1.95 bits per heavy atom. The number of rotatable bonds is 4. The van der Waals surface area contributed by atoms with Gasteiger partial charge in [0.25, 0.3) is 10.0 Å². The maximum atomic E-state index is 13.6. The Hall–Kier alpha value is -1.53. The number of anilines is 1. The van der Waals surface area contributed by atoms with Crippen LogP contribution in [0.1, 0.15) is 5.76 Å². The minimum atomic E-state index is -3.94. The molecule has 7 heteroatoms. The number of alkyl halides is 1. The van der Waals surface area contributed by atoms with E-state index in [-0.39, 0.29) is 16.7 Å². The quantitative estimate of drug-likeness (QED) is 0.816. The fourth-order valence-corrected chi connectivity index (χ4v) is 2.81. The van der Waals surface area contributed by atoms with Crippen LogP contribution in [0.4, 0.5) is 10.1 Å². The van der Waals surface area contributed by atoms with Gasteiger partial charge in [0.05, 0.1) is 11.6 Å². The van der Waals surface area contributed by atoms with Gasteiger partial charge < -0.3 is 4.42 Å². The first-order valence-electron chi connectivity index (χ1n) is 5.35. The van der Waals surface area contributed by atoms with Gasteiger partial charge in [0.15, 0.2) is 0 Å². The third-order valence-corrected chi connectivity index (χ3v) is 4.48. The second-order valence-corrected chi connectivity index (χ2v) is 5.95. The van der Waals surface area contributed by atoms with Crippen LogP contribution in [-0.4, -0.2) is 15.5 Å². The largest absolute Gasteiger partial charge is 0.447 e. The van der Waals surface area contributed by atoms with Crippen molar-refractivity contribution in [1.82, 2.24) is 0 Å². The van der Waals surface area contributed by atoms with Crippen LogP contribution in [0.5, 0.6) is 0 Å². The van der Waals surface area contributed by atoms with Crippen molar-refractivity contribution in [3.05, 3.63) is 48.0 Å². The summed E-state index contributed by atoms with van der Waals surface area (Å²) in [6.07, 6.45) is 0. The van der Waals surface area contributed by atoms with Gasteiger partial charge in [0.1, 0.15) is 11.6 Å². The Kier molecular flexibility index (Phi) is 3.82. The normalized spacial score (nSPS) is 11.5. The molecule has 0 aliphatic carbocycles. The first-order chi connectivity index (χ1) is 8.96. The van der Waals surface area contributed by atoms with Gasteiger partial charge in [-0.25, -0.2) is 4.39 Å². The van der Waals surface area contributed by atoms with Crippen LogP contribution >= 0.6 is 11.6 Å². The molecule has 1 aromatic heterocycles. The van der Waals surface area contributed by atoms with Crippen LogP contribution in [0.2, 0.25) is 0 Å². The molecule has 0 atom stereocenters. The molecule has 0 aliphatic rings. The molecule has 0 saturated heterocycles. The predicted molar refractivity (Wildman–Crippen MR) is 70.3 cm³/mol. The zero-order valence-electron chi connectivity index (χ0n) is 10.0. The number of furan rings is 1. The van der Waals surface area contributed by atoms with Crippen LogP contribution in [-0.2, 0) is 15.9 Å². The number of hydrogen-bond donors (Lipinski definition) is 0. The number of nitrogens with zero attached hydrogens (tertiary/aromatic N) is 1. The lowest BCUT2D eigenvalue weighted by atomic mass is 10.3. The first-order valence-corrected chi connectivity index (χ1v) is 7.32. The minimum Gasteiger partial charge on any atom is -0.447 e. The van der Waals surface area contributed by atoms with Crippen molar-refractivity contribution >= 4 is 27.3 Å². The maximum absolute atomic E-state index is 13.6. The molecule has 0 N–H and O–H groups in total. The van der Waals surface area contributed by atoms with Crippen LogP contribution in [0.25, 0.3) is 0 Å². The molecule has 0 spiro atoms. The second-order valence-electron chi connectivity index (χ2n) is 3.78. The van der Waals surface area contributed by atoms with Crippen LogP contribution in [0.3, 0.4) is 0 Å². The Morgan fingerprint density at radius 3 is 2.53 bits per heavy atom. The van der Waals surface area contributed by atoms with E-state index in [9.17, 15) is 12.8 Å². The lowest BCUT2D eigenvalue weighted by Gasteiger charge is -2.18. The topological polar surface area (TPSA) is 50.5 Å². The van der Waals surface area contributed by atoms with Crippen LogP contribution in [0, 0.1) is 5.82 Å². The van der Waals surface area contributed by atoms with Crippen molar-refractivity contribution in [3.63, 3.8) is 0 Å². The highest BCUT2D eigenvalue weighted by Gasteiger charge is 2.26. The molecule has 0 unspecified atom stereocenters. The fourth-order valence-electron chi connectivity index (χ4n) is 1.54. The Balaban J connectivity index is 2.42. The summed E-state index contributed by atoms with van der Waals surface area (Å²) in [5.41, 5.74) is -0.0497. The van der Waals surface area contributed by atoms with E-state index in [0.717, 1.165) is 4.31 Å². The van der Waals surface area contributed by atoms with Gasteiger partial charge in [-0.1, -0.05) is 12.1 Å². The van der Waals surface area contributed by atoms with Gasteiger partial charge in [-0.2, -0.15) is 8.42 Å². The molecule has 1 aromatic carbocycles. The second kappa shape index (κ2) is 5.22. The third-order valence-electron chi connectivity index (χ3n) is 2.58. The number of sulfonamides is 1. The Bertz CT molecular complexity index is 684. The molecule has 0 saturated carbocycles. The molecule has 0 aliphatic heterocycles. The van der Waals surface area contributed by atoms with Crippen LogP contribution in [0.15, 0.2) is 45.9 Å². The number of benzene rings is 1. The highest BCUT2D eigenvalue weighted by molar-refractivity contribution is 7.92. The molecule has 102 valence electrons. The van der Waals surface area contributed by atoms with Gasteiger partial charge in [0.2, 0.25) is 5.09 Å². The average Bonchev–Trinajstić information content (AvgIpc) is 2.88. The smallest absolute Gasteiger partial charge is 0.297 e. The van der Waals surface area contributed by atoms with Gasteiger partial charge in [-0.15, -0.1) is 11.6 Å². The van der Waals surface area contributed by atoms with Gasteiger partial charge in [-0.05, 0) is 24.3 Å². The molecular formula is C12H11ClFNO3S. The predicted octanol–water partition coefficient (Wildman–Crippen LogP) is 2.98. The van der Waals surface area contributed by atoms with Crippen molar-refractivity contribution in [2.24, 2.45) is 0 Å². The summed E-state index contributed by atoms with van der Waals surface area (Å²) in [5, 5.41) is -0.270. The van der Waals surface area contributed by atoms with E-state index in [2.05, 4.69) is 0 Å². The van der Waals surface area contributed by atoms with E-state index in [1.165, 1.54) is 37.4 Å². The molecule has 0 bridgehead atoms. The van der Waals surface area contributed by atoms with E-state index in [1.54, 1.807) is 6.07 Å². The highest BCUT2D eigenvalue weighted by Crippen LogP contribution is 2.25. The molecular weight excluding hydrogens is 293 g/mol. The fraction of sp³-hybridized carbons (Fsp3) is 0.167. The van der Waals surface area contributed by atoms with Crippen LogP contribution < -0.4 is 4.31 Å². The highest BCUT2D eigenvalue weighted by atomic mass is 35.5. The SMILES string of the molecule is CN(c1ccccc1F)S(=O)(=O)c1ccc(CCl)o1. The van der Waals surface area contributed by atoms with Crippen molar-refractivity contribution < 1.29 is 17.2 Å². The Morgan fingerprint density at radius 1 is 1.26 bits per heavy atom. The lowest BCUT2D eigenvalue weighted by molar-refractivity contribution is 0.425. The minimum absolute atomic E-state index is 0.0497. The van der Waals surface area contributed by atoms with E-state index in [1.807, 2.05) is 0 Å². The number of halogens is 2. The molecule has 2 rings (SSSR count). The summed E-state index contributed by atoms with van der Waals surface area (Å²) in [6, 6.07) is 8.36.